The Balaban J connectivity index is 2.27. The Kier molecular flexibility index (Phi) is 4.17. The molecule has 4 heteroatoms. The summed E-state index contributed by atoms with van der Waals surface area (Å²) in [5, 5.41) is 0. The maximum atomic E-state index is 14.0. The Morgan fingerprint density at radius 3 is 2.56 bits per heavy atom. The maximum Gasteiger partial charge on any atom is 0.182 e. The molecule has 1 saturated carbocycles. The van der Waals surface area contributed by atoms with Crippen LogP contribution in [0.2, 0.25) is 0 Å². The molecule has 0 atom stereocenters. The van der Waals surface area contributed by atoms with E-state index in [9.17, 15) is 8.78 Å². The number of benzene rings is 1. The van der Waals surface area contributed by atoms with E-state index in [4.69, 9.17) is 5.73 Å². The molecule has 0 amide bonds. The number of nitrogens with two attached hydrogens (primary N) is 1. The highest BCUT2D eigenvalue weighted by molar-refractivity contribution is 5.51. The zero-order valence-corrected chi connectivity index (χ0v) is 10.8. The average Bonchev–Trinajstić information content (AvgIpc) is 3.19. The first-order valence-corrected chi connectivity index (χ1v) is 6.62. The highest BCUT2D eigenvalue weighted by Gasteiger charge is 2.31. The van der Waals surface area contributed by atoms with Crippen LogP contribution in [0.4, 0.5) is 14.5 Å². The predicted molar refractivity (Wildman–Crippen MR) is 69.5 cm³/mol. The van der Waals surface area contributed by atoms with Crippen molar-refractivity contribution in [3.8, 4) is 0 Å². The van der Waals surface area contributed by atoms with E-state index in [0.717, 1.165) is 32.2 Å². The molecule has 0 saturated heterocycles. The molecule has 0 aromatic heterocycles. The first-order valence-electron chi connectivity index (χ1n) is 6.62. The Bertz CT molecular complexity index is 417. The highest BCUT2D eigenvalue weighted by Crippen LogP contribution is 2.34. The summed E-state index contributed by atoms with van der Waals surface area (Å²) in [6.07, 6.45) is 4.19. The standard InChI is InChI=1S/C14H20F2N2/c1-2-3-8-18(11-5-6-11)12-7-4-10(9-17)13(15)14(12)16/h4,7,11H,2-3,5-6,8-9,17H2,1H3. The molecule has 0 heterocycles. The third-order valence-corrected chi connectivity index (χ3v) is 3.41. The number of rotatable bonds is 6. The number of unbranched alkanes of at least 4 members (excludes halogenated alkanes) is 1. The molecule has 0 bridgehead atoms. The Labute approximate surface area is 107 Å². The van der Waals surface area contributed by atoms with Crippen LogP contribution >= 0.6 is 0 Å². The van der Waals surface area contributed by atoms with Crippen molar-refractivity contribution in [2.24, 2.45) is 5.73 Å². The molecule has 0 radical (unpaired) electrons. The van der Waals surface area contributed by atoms with Crippen LogP contribution in [0.5, 0.6) is 0 Å². The van der Waals surface area contributed by atoms with Gasteiger partial charge in [0.25, 0.3) is 0 Å². The minimum Gasteiger partial charge on any atom is -0.366 e. The third kappa shape index (κ3) is 2.64. The van der Waals surface area contributed by atoms with Gasteiger partial charge >= 0.3 is 0 Å². The summed E-state index contributed by atoms with van der Waals surface area (Å²) in [4.78, 5) is 2.00. The second kappa shape index (κ2) is 5.65. The van der Waals surface area contributed by atoms with Crippen LogP contribution < -0.4 is 10.6 Å². The van der Waals surface area contributed by atoms with Gasteiger partial charge in [0, 0.05) is 24.7 Å². The fraction of sp³-hybridized carbons (Fsp3) is 0.571. The van der Waals surface area contributed by atoms with Gasteiger partial charge in [-0.1, -0.05) is 19.4 Å². The van der Waals surface area contributed by atoms with Gasteiger partial charge in [-0.25, -0.2) is 8.78 Å². The molecular weight excluding hydrogens is 234 g/mol. The summed E-state index contributed by atoms with van der Waals surface area (Å²) in [5.41, 5.74) is 6.01. The van der Waals surface area contributed by atoms with Crippen LogP contribution in [0, 0.1) is 11.6 Å². The van der Waals surface area contributed by atoms with Crippen LogP contribution in [0.15, 0.2) is 12.1 Å². The third-order valence-electron chi connectivity index (χ3n) is 3.41. The average molecular weight is 254 g/mol. The molecule has 2 N–H and O–H groups in total. The van der Waals surface area contributed by atoms with Crippen LogP contribution in [-0.2, 0) is 6.54 Å². The van der Waals surface area contributed by atoms with Gasteiger partial charge in [-0.05, 0) is 25.3 Å². The van der Waals surface area contributed by atoms with Crippen molar-refractivity contribution >= 4 is 5.69 Å². The van der Waals surface area contributed by atoms with Crippen molar-refractivity contribution in [2.45, 2.75) is 45.2 Å². The Hall–Kier alpha value is -1.16. The SMILES string of the molecule is CCCCN(c1ccc(CN)c(F)c1F)C1CC1. The minimum absolute atomic E-state index is 0.0292. The fourth-order valence-corrected chi connectivity index (χ4v) is 2.17. The second-order valence-corrected chi connectivity index (χ2v) is 4.85. The van der Waals surface area contributed by atoms with Crippen LogP contribution in [0.25, 0.3) is 0 Å². The quantitative estimate of drug-likeness (QED) is 0.844. The van der Waals surface area contributed by atoms with E-state index >= 15 is 0 Å². The topological polar surface area (TPSA) is 29.3 Å². The van der Waals surface area contributed by atoms with Gasteiger partial charge in [0.1, 0.15) is 0 Å². The number of hydrogen-bond acceptors (Lipinski definition) is 2. The summed E-state index contributed by atoms with van der Waals surface area (Å²) in [6.45, 7) is 2.92. The monoisotopic (exact) mass is 254 g/mol. The van der Waals surface area contributed by atoms with Crippen molar-refractivity contribution in [1.82, 2.24) is 0 Å². The van der Waals surface area contributed by atoms with Crippen molar-refractivity contribution in [1.29, 1.82) is 0 Å². The molecule has 0 unspecified atom stereocenters. The lowest BCUT2D eigenvalue weighted by Gasteiger charge is -2.25. The second-order valence-electron chi connectivity index (χ2n) is 4.85. The van der Waals surface area contributed by atoms with Gasteiger partial charge in [-0.2, -0.15) is 0 Å². The summed E-state index contributed by atoms with van der Waals surface area (Å²) in [7, 11) is 0. The van der Waals surface area contributed by atoms with Gasteiger partial charge in [0.2, 0.25) is 0 Å². The molecule has 2 nitrogen and oxygen atoms in total. The van der Waals surface area contributed by atoms with E-state index in [-0.39, 0.29) is 12.1 Å². The van der Waals surface area contributed by atoms with Gasteiger partial charge in [-0.15, -0.1) is 0 Å². The summed E-state index contributed by atoms with van der Waals surface area (Å²) in [5.74, 6) is -1.54. The molecule has 1 aliphatic carbocycles. The summed E-state index contributed by atoms with van der Waals surface area (Å²) in [6, 6.07) is 3.64. The van der Waals surface area contributed by atoms with Crippen LogP contribution in [0.3, 0.4) is 0 Å². The number of nitrogens with zero attached hydrogens (tertiary/aromatic N) is 1. The smallest absolute Gasteiger partial charge is 0.182 e. The van der Waals surface area contributed by atoms with Crippen molar-refractivity contribution in [3.05, 3.63) is 29.3 Å². The van der Waals surface area contributed by atoms with E-state index in [0.29, 0.717) is 11.7 Å². The van der Waals surface area contributed by atoms with Crippen molar-refractivity contribution in [3.63, 3.8) is 0 Å². The van der Waals surface area contributed by atoms with Crippen molar-refractivity contribution < 1.29 is 8.78 Å². The van der Waals surface area contributed by atoms with E-state index < -0.39 is 11.6 Å². The zero-order chi connectivity index (χ0) is 13.1. The lowest BCUT2D eigenvalue weighted by molar-refractivity contribution is 0.495. The molecular formula is C14H20F2N2. The summed E-state index contributed by atoms with van der Waals surface area (Å²) >= 11 is 0. The van der Waals surface area contributed by atoms with Crippen molar-refractivity contribution in [2.75, 3.05) is 11.4 Å². The Morgan fingerprint density at radius 1 is 1.28 bits per heavy atom. The predicted octanol–water partition coefficient (Wildman–Crippen LogP) is 3.19. The molecule has 1 aromatic carbocycles. The number of halogens is 2. The molecule has 18 heavy (non-hydrogen) atoms. The molecule has 0 spiro atoms. The molecule has 1 fully saturated rings. The lowest BCUT2D eigenvalue weighted by atomic mass is 10.1. The van der Waals surface area contributed by atoms with Gasteiger partial charge in [-0.3, -0.25) is 0 Å². The van der Waals surface area contributed by atoms with E-state index in [1.165, 1.54) is 0 Å². The van der Waals surface area contributed by atoms with Crippen LogP contribution in [-0.4, -0.2) is 12.6 Å². The van der Waals surface area contributed by atoms with E-state index in [1.54, 1.807) is 12.1 Å². The fourth-order valence-electron chi connectivity index (χ4n) is 2.17. The summed E-state index contributed by atoms with van der Waals surface area (Å²) < 4.78 is 27.8. The first kappa shape index (κ1) is 13.3. The Morgan fingerprint density at radius 2 is 2.00 bits per heavy atom. The van der Waals surface area contributed by atoms with Gasteiger partial charge in [0.15, 0.2) is 11.6 Å². The highest BCUT2D eigenvalue weighted by atomic mass is 19.2. The van der Waals surface area contributed by atoms with Gasteiger partial charge < -0.3 is 10.6 Å². The number of anilines is 1. The maximum absolute atomic E-state index is 14.0. The molecule has 100 valence electrons. The van der Waals surface area contributed by atoms with E-state index in [1.807, 2.05) is 4.90 Å². The first-order chi connectivity index (χ1) is 8.69. The molecule has 0 aliphatic heterocycles. The minimum atomic E-state index is -0.794. The van der Waals surface area contributed by atoms with Gasteiger partial charge in [0.05, 0.1) is 5.69 Å². The molecule has 2 rings (SSSR count). The van der Waals surface area contributed by atoms with Crippen LogP contribution in [0.1, 0.15) is 38.2 Å². The largest absolute Gasteiger partial charge is 0.366 e. The lowest BCUT2D eigenvalue weighted by Crippen LogP contribution is -2.28. The van der Waals surface area contributed by atoms with E-state index in [2.05, 4.69) is 6.92 Å². The normalized spacial score (nSPS) is 14.9. The number of hydrogen-bond donors (Lipinski definition) is 1. The molecule has 1 aliphatic rings. The molecule has 1 aromatic rings. The zero-order valence-electron chi connectivity index (χ0n) is 10.8.